The van der Waals surface area contributed by atoms with Crippen molar-refractivity contribution < 1.29 is 14.5 Å². The molecule has 0 saturated carbocycles. The second-order valence-electron chi connectivity index (χ2n) is 4.51. The molecule has 24 heavy (non-hydrogen) atoms. The number of carbonyl (C=O) groups excluding carboxylic acids is 1. The number of hydrogen-bond acceptors (Lipinski definition) is 5. The van der Waals surface area contributed by atoms with Crippen molar-refractivity contribution in [3.63, 3.8) is 0 Å². The molecule has 0 saturated heterocycles. The van der Waals surface area contributed by atoms with Crippen LogP contribution in [0.5, 0.6) is 5.75 Å². The Labute approximate surface area is 147 Å². The Hall–Kier alpha value is -2.64. The highest BCUT2D eigenvalue weighted by Crippen LogP contribution is 2.31. The molecule has 0 radical (unpaired) electrons. The number of amides is 1. The fourth-order valence-corrected chi connectivity index (χ4v) is 2.44. The van der Waals surface area contributed by atoms with Gasteiger partial charge in [0.2, 0.25) is 0 Å². The van der Waals surface area contributed by atoms with Crippen LogP contribution >= 0.6 is 23.2 Å². The first-order chi connectivity index (χ1) is 11.4. The molecule has 2 aromatic carbocycles. The van der Waals surface area contributed by atoms with Crippen LogP contribution < -0.4 is 10.2 Å². The highest BCUT2D eigenvalue weighted by molar-refractivity contribution is 6.36. The van der Waals surface area contributed by atoms with Gasteiger partial charge < -0.3 is 4.74 Å². The third-order valence-electron chi connectivity index (χ3n) is 2.95. The minimum atomic E-state index is -0.547. The molecular formula is C15H11Cl2N3O4. The van der Waals surface area contributed by atoms with Gasteiger partial charge in [-0.3, -0.25) is 14.9 Å². The second-order valence-corrected chi connectivity index (χ2v) is 5.36. The maximum absolute atomic E-state index is 11.9. The average Bonchev–Trinajstić information content (AvgIpc) is 2.54. The summed E-state index contributed by atoms with van der Waals surface area (Å²) in [5, 5.41) is 15.1. The van der Waals surface area contributed by atoms with E-state index in [9.17, 15) is 14.9 Å². The normalized spacial score (nSPS) is 10.6. The van der Waals surface area contributed by atoms with Crippen LogP contribution in [0, 0.1) is 10.1 Å². The zero-order valence-corrected chi connectivity index (χ0v) is 13.8. The minimum Gasteiger partial charge on any atom is -0.495 e. The molecule has 0 aliphatic heterocycles. The van der Waals surface area contributed by atoms with Crippen molar-refractivity contribution in [2.45, 2.75) is 0 Å². The number of carbonyl (C=O) groups is 1. The number of nitro groups is 1. The number of methoxy groups -OCH3 is 1. The van der Waals surface area contributed by atoms with Crippen molar-refractivity contribution in [2.24, 2.45) is 5.10 Å². The van der Waals surface area contributed by atoms with Crippen molar-refractivity contribution in [3.05, 3.63) is 67.7 Å². The van der Waals surface area contributed by atoms with Gasteiger partial charge in [-0.05, 0) is 24.3 Å². The van der Waals surface area contributed by atoms with E-state index in [4.69, 9.17) is 27.9 Å². The van der Waals surface area contributed by atoms with E-state index >= 15 is 0 Å². The number of hydrazone groups is 1. The smallest absolute Gasteiger partial charge is 0.271 e. The van der Waals surface area contributed by atoms with Gasteiger partial charge in [0.05, 0.1) is 23.3 Å². The molecule has 0 spiro atoms. The number of benzene rings is 2. The summed E-state index contributed by atoms with van der Waals surface area (Å²) in [5.41, 5.74) is 2.92. The van der Waals surface area contributed by atoms with E-state index in [0.717, 1.165) is 0 Å². The summed E-state index contributed by atoms with van der Waals surface area (Å²) in [6, 6.07) is 8.24. The third-order valence-corrected chi connectivity index (χ3v) is 3.45. The fourth-order valence-electron chi connectivity index (χ4n) is 1.85. The molecule has 0 aliphatic rings. The number of rotatable bonds is 5. The van der Waals surface area contributed by atoms with Crippen molar-refractivity contribution in [1.29, 1.82) is 0 Å². The van der Waals surface area contributed by atoms with Gasteiger partial charge >= 0.3 is 0 Å². The minimum absolute atomic E-state index is 0.103. The summed E-state index contributed by atoms with van der Waals surface area (Å²) in [5.74, 6) is -0.150. The van der Waals surface area contributed by atoms with E-state index in [1.165, 1.54) is 43.7 Å². The zero-order valence-electron chi connectivity index (χ0n) is 12.3. The summed E-state index contributed by atoms with van der Waals surface area (Å²) in [7, 11) is 1.45. The highest BCUT2D eigenvalue weighted by atomic mass is 35.5. The standard InChI is InChI=1S/C15H11Cl2N3O4/c1-24-14-10(6-11(16)7-13(14)17)8-18-19-15(21)9-2-4-12(5-3-9)20(22)23/h2-8H,1H3,(H,19,21)/b18-8-. The van der Waals surface area contributed by atoms with Crippen LogP contribution in [0.4, 0.5) is 5.69 Å². The SMILES string of the molecule is COc1c(Cl)cc(Cl)cc1/C=N\NC(=O)c1ccc([N+](=O)[O-])cc1. The fraction of sp³-hybridized carbons (Fsp3) is 0.0667. The predicted octanol–water partition coefficient (Wildman–Crippen LogP) is 3.67. The Kier molecular flexibility index (Phi) is 5.73. The first-order valence-corrected chi connectivity index (χ1v) is 7.29. The number of ether oxygens (including phenoxy) is 1. The van der Waals surface area contributed by atoms with Gasteiger partial charge in [0.25, 0.3) is 11.6 Å². The Morgan fingerprint density at radius 2 is 1.96 bits per heavy atom. The Bertz CT molecular complexity index is 807. The summed E-state index contributed by atoms with van der Waals surface area (Å²) < 4.78 is 5.15. The Balaban J connectivity index is 2.11. The number of halogens is 2. The predicted molar refractivity (Wildman–Crippen MR) is 91.2 cm³/mol. The van der Waals surface area contributed by atoms with E-state index in [-0.39, 0.29) is 11.3 Å². The number of hydrogen-bond donors (Lipinski definition) is 1. The summed E-state index contributed by atoms with van der Waals surface area (Å²) in [6.45, 7) is 0. The lowest BCUT2D eigenvalue weighted by Gasteiger charge is -2.07. The molecule has 2 aromatic rings. The molecule has 0 unspecified atom stereocenters. The number of nitrogens with zero attached hydrogens (tertiary/aromatic N) is 2. The van der Waals surface area contributed by atoms with Gasteiger partial charge in [0.15, 0.2) is 0 Å². The summed E-state index contributed by atoms with van der Waals surface area (Å²) >= 11 is 11.9. The zero-order chi connectivity index (χ0) is 17.7. The van der Waals surface area contributed by atoms with E-state index in [1.54, 1.807) is 6.07 Å². The number of nitro benzene ring substituents is 1. The van der Waals surface area contributed by atoms with Crippen LogP contribution in [0.1, 0.15) is 15.9 Å². The van der Waals surface area contributed by atoms with Crippen LogP contribution in [-0.2, 0) is 0 Å². The van der Waals surface area contributed by atoms with Gasteiger partial charge in [-0.25, -0.2) is 5.43 Å². The second kappa shape index (κ2) is 7.76. The van der Waals surface area contributed by atoms with Gasteiger partial charge in [0.1, 0.15) is 5.75 Å². The number of non-ortho nitro benzene ring substituents is 1. The van der Waals surface area contributed by atoms with Crippen molar-refractivity contribution in [3.8, 4) is 5.75 Å². The molecule has 2 rings (SSSR count). The molecule has 9 heteroatoms. The molecule has 0 atom stereocenters. The maximum Gasteiger partial charge on any atom is 0.271 e. The van der Waals surface area contributed by atoms with Crippen LogP contribution in [0.15, 0.2) is 41.5 Å². The molecular weight excluding hydrogens is 357 g/mol. The third kappa shape index (κ3) is 4.21. The van der Waals surface area contributed by atoms with Gasteiger partial charge in [-0.2, -0.15) is 5.10 Å². The largest absolute Gasteiger partial charge is 0.495 e. The first kappa shape index (κ1) is 17.7. The monoisotopic (exact) mass is 367 g/mol. The topological polar surface area (TPSA) is 93.8 Å². The molecule has 0 aliphatic carbocycles. The molecule has 0 aromatic heterocycles. The van der Waals surface area contributed by atoms with Crippen LogP contribution in [-0.4, -0.2) is 24.2 Å². The average molecular weight is 368 g/mol. The van der Waals surface area contributed by atoms with Crippen molar-refractivity contribution in [2.75, 3.05) is 7.11 Å². The lowest BCUT2D eigenvalue weighted by Crippen LogP contribution is -2.17. The van der Waals surface area contributed by atoms with Gasteiger partial charge in [0, 0.05) is 28.3 Å². The Morgan fingerprint density at radius 3 is 2.54 bits per heavy atom. The first-order valence-electron chi connectivity index (χ1n) is 6.53. The van der Waals surface area contributed by atoms with Crippen LogP contribution in [0.25, 0.3) is 0 Å². The maximum atomic E-state index is 11.9. The molecule has 0 fully saturated rings. The van der Waals surface area contributed by atoms with Crippen LogP contribution in [0.3, 0.4) is 0 Å². The summed E-state index contributed by atoms with van der Waals surface area (Å²) in [4.78, 5) is 22.0. The molecule has 0 heterocycles. The molecule has 124 valence electrons. The van der Waals surface area contributed by atoms with Crippen molar-refractivity contribution >= 4 is 41.0 Å². The molecule has 1 N–H and O–H groups in total. The van der Waals surface area contributed by atoms with E-state index < -0.39 is 10.8 Å². The molecule has 0 bridgehead atoms. The highest BCUT2D eigenvalue weighted by Gasteiger charge is 2.10. The molecule has 1 amide bonds. The van der Waals surface area contributed by atoms with E-state index in [0.29, 0.717) is 21.4 Å². The molecule has 7 nitrogen and oxygen atoms in total. The lowest BCUT2D eigenvalue weighted by atomic mass is 10.2. The van der Waals surface area contributed by atoms with Gasteiger partial charge in [-0.1, -0.05) is 23.2 Å². The van der Waals surface area contributed by atoms with Crippen LogP contribution in [0.2, 0.25) is 10.0 Å². The Morgan fingerprint density at radius 1 is 1.29 bits per heavy atom. The summed E-state index contributed by atoms with van der Waals surface area (Å²) in [6.07, 6.45) is 1.33. The lowest BCUT2D eigenvalue weighted by molar-refractivity contribution is -0.384. The van der Waals surface area contributed by atoms with E-state index in [2.05, 4.69) is 10.5 Å². The quantitative estimate of drug-likeness (QED) is 0.495. The van der Waals surface area contributed by atoms with Crippen molar-refractivity contribution in [1.82, 2.24) is 5.43 Å². The van der Waals surface area contributed by atoms with Gasteiger partial charge in [-0.15, -0.1) is 0 Å². The number of nitrogens with one attached hydrogen (secondary N) is 1. The van der Waals surface area contributed by atoms with E-state index in [1.807, 2.05) is 0 Å².